The molecule has 0 aliphatic rings. The summed E-state index contributed by atoms with van der Waals surface area (Å²) in [6.07, 6.45) is 0. The highest BCUT2D eigenvalue weighted by atomic mass is 79.9. The van der Waals surface area contributed by atoms with E-state index >= 15 is 0 Å². The van der Waals surface area contributed by atoms with E-state index in [1.54, 1.807) is 12.1 Å². The highest BCUT2D eigenvalue weighted by molar-refractivity contribution is 9.09. The van der Waals surface area contributed by atoms with Crippen molar-refractivity contribution in [2.24, 2.45) is 0 Å². The summed E-state index contributed by atoms with van der Waals surface area (Å²) in [6.45, 7) is 0.371. The van der Waals surface area contributed by atoms with E-state index in [4.69, 9.17) is 16.3 Å². The van der Waals surface area contributed by atoms with Gasteiger partial charge in [0.1, 0.15) is 0 Å². The molecule has 100 valence electrons. The van der Waals surface area contributed by atoms with Gasteiger partial charge in [0.2, 0.25) is 0 Å². The fourth-order valence-electron chi connectivity index (χ4n) is 1.76. The number of benzene rings is 2. The topological polar surface area (TPSA) is 9.23 Å². The molecular weight excluding hydrogens is 331 g/mol. The van der Waals surface area contributed by atoms with Gasteiger partial charge in [0.05, 0.1) is 11.6 Å². The van der Waals surface area contributed by atoms with Crippen LogP contribution in [0.4, 0.5) is 4.39 Å². The molecule has 4 heteroatoms. The molecule has 2 aromatic rings. The molecule has 1 unspecified atom stereocenters. The number of hydrogen-bond acceptors (Lipinski definition) is 1. The Morgan fingerprint density at radius 1 is 1.11 bits per heavy atom. The summed E-state index contributed by atoms with van der Waals surface area (Å²) in [6, 6.07) is 14.5. The molecule has 2 aromatic carbocycles. The number of ether oxygens (including phenoxy) is 1. The maximum atomic E-state index is 13.6. The zero-order chi connectivity index (χ0) is 13.7. The first-order chi connectivity index (χ1) is 9.22. The van der Waals surface area contributed by atoms with E-state index in [2.05, 4.69) is 15.9 Å². The zero-order valence-corrected chi connectivity index (χ0v) is 12.5. The van der Waals surface area contributed by atoms with Gasteiger partial charge in [-0.1, -0.05) is 63.9 Å². The van der Waals surface area contributed by atoms with Crippen LogP contribution in [0.5, 0.6) is 5.75 Å². The van der Waals surface area contributed by atoms with Gasteiger partial charge in [-0.15, -0.1) is 0 Å². The lowest BCUT2D eigenvalue weighted by atomic mass is 10.0. The molecule has 0 aliphatic heterocycles. The molecule has 0 fully saturated rings. The Hall–Kier alpha value is -1.06. The van der Waals surface area contributed by atoms with Crippen molar-refractivity contribution in [3.63, 3.8) is 0 Å². The van der Waals surface area contributed by atoms with Crippen molar-refractivity contribution in [1.82, 2.24) is 0 Å². The van der Waals surface area contributed by atoms with Crippen molar-refractivity contribution >= 4 is 27.5 Å². The van der Waals surface area contributed by atoms with Crippen molar-refractivity contribution in [3.05, 3.63) is 64.9 Å². The summed E-state index contributed by atoms with van der Waals surface area (Å²) < 4.78 is 19.1. The van der Waals surface area contributed by atoms with Gasteiger partial charge in [-0.2, -0.15) is 0 Å². The molecule has 1 nitrogen and oxygen atoms in total. The molecule has 0 saturated carbocycles. The maximum absolute atomic E-state index is 13.6. The Morgan fingerprint density at radius 2 is 1.84 bits per heavy atom. The Balaban J connectivity index is 2.09. The van der Waals surface area contributed by atoms with Crippen LogP contribution in [0.15, 0.2) is 48.5 Å². The van der Waals surface area contributed by atoms with Gasteiger partial charge in [-0.3, -0.25) is 0 Å². The molecule has 1 atom stereocenters. The van der Waals surface area contributed by atoms with Crippen LogP contribution < -0.4 is 4.74 Å². The molecule has 0 radical (unpaired) electrons. The van der Waals surface area contributed by atoms with Crippen LogP contribution in [0.3, 0.4) is 0 Å². The maximum Gasteiger partial charge on any atom is 0.173 e. The SMILES string of the molecule is Fc1cccc(Cl)c1OCC(CBr)c1ccccc1. The number of alkyl halides is 1. The second kappa shape index (κ2) is 6.92. The third kappa shape index (κ3) is 3.71. The van der Waals surface area contributed by atoms with Gasteiger partial charge in [-0.25, -0.2) is 4.39 Å². The van der Waals surface area contributed by atoms with Crippen LogP contribution in [-0.4, -0.2) is 11.9 Å². The third-order valence-electron chi connectivity index (χ3n) is 2.81. The lowest BCUT2D eigenvalue weighted by Crippen LogP contribution is -2.12. The monoisotopic (exact) mass is 342 g/mol. The highest BCUT2D eigenvalue weighted by Crippen LogP contribution is 2.29. The zero-order valence-electron chi connectivity index (χ0n) is 10.2. The Bertz CT molecular complexity index is 513. The standard InChI is InChI=1S/C15H13BrClFO/c16-9-12(11-5-2-1-3-6-11)10-19-15-13(17)7-4-8-14(15)18/h1-8,12H,9-10H2. The fraction of sp³-hybridized carbons (Fsp3) is 0.200. The molecule has 0 heterocycles. The highest BCUT2D eigenvalue weighted by Gasteiger charge is 2.14. The van der Waals surface area contributed by atoms with Crippen molar-refractivity contribution in [2.45, 2.75) is 5.92 Å². The van der Waals surface area contributed by atoms with Crippen LogP contribution in [0.25, 0.3) is 0 Å². The lowest BCUT2D eigenvalue weighted by Gasteiger charge is -2.16. The predicted molar refractivity (Wildman–Crippen MR) is 79.9 cm³/mol. The van der Waals surface area contributed by atoms with Crippen LogP contribution >= 0.6 is 27.5 Å². The third-order valence-corrected chi connectivity index (χ3v) is 3.88. The number of para-hydroxylation sites is 1. The van der Waals surface area contributed by atoms with E-state index in [0.717, 1.165) is 10.9 Å². The second-order valence-corrected chi connectivity index (χ2v) is 5.18. The largest absolute Gasteiger partial charge is 0.488 e. The average Bonchev–Trinajstić information content (AvgIpc) is 2.43. The van der Waals surface area contributed by atoms with Gasteiger partial charge in [0, 0.05) is 11.2 Å². The first-order valence-corrected chi connectivity index (χ1v) is 7.40. The first kappa shape index (κ1) is 14.4. The molecule has 0 bridgehead atoms. The molecular formula is C15H13BrClFO. The number of hydrogen-bond donors (Lipinski definition) is 0. The minimum atomic E-state index is -0.436. The van der Waals surface area contributed by atoms with Gasteiger partial charge >= 0.3 is 0 Å². The smallest absolute Gasteiger partial charge is 0.173 e. The van der Waals surface area contributed by atoms with Gasteiger partial charge in [-0.05, 0) is 17.7 Å². The summed E-state index contributed by atoms with van der Waals surface area (Å²) in [4.78, 5) is 0. The Morgan fingerprint density at radius 3 is 2.47 bits per heavy atom. The van der Waals surface area contributed by atoms with Crippen molar-refractivity contribution in [1.29, 1.82) is 0 Å². The molecule has 0 spiro atoms. The quantitative estimate of drug-likeness (QED) is 0.691. The van der Waals surface area contributed by atoms with E-state index in [1.165, 1.54) is 6.07 Å². The van der Waals surface area contributed by atoms with E-state index in [9.17, 15) is 4.39 Å². The predicted octanol–water partition coefficient (Wildman–Crippen LogP) is 5.04. The molecule has 0 aliphatic carbocycles. The van der Waals surface area contributed by atoms with E-state index in [-0.39, 0.29) is 11.7 Å². The molecule has 0 amide bonds. The van der Waals surface area contributed by atoms with Crippen LogP contribution in [0.1, 0.15) is 11.5 Å². The minimum Gasteiger partial charge on any atom is -0.488 e. The average molecular weight is 344 g/mol. The van der Waals surface area contributed by atoms with E-state index in [1.807, 2.05) is 30.3 Å². The van der Waals surface area contributed by atoms with Crippen LogP contribution in [-0.2, 0) is 0 Å². The van der Waals surface area contributed by atoms with E-state index < -0.39 is 5.82 Å². The lowest BCUT2D eigenvalue weighted by molar-refractivity contribution is 0.284. The van der Waals surface area contributed by atoms with Gasteiger partial charge < -0.3 is 4.74 Å². The Kier molecular flexibility index (Phi) is 5.23. The molecule has 0 N–H and O–H groups in total. The normalized spacial score (nSPS) is 12.2. The number of halogens is 3. The fourth-order valence-corrected chi connectivity index (χ4v) is 2.54. The molecule has 19 heavy (non-hydrogen) atoms. The molecule has 0 saturated heterocycles. The van der Waals surface area contributed by atoms with Crippen molar-refractivity contribution in [3.8, 4) is 5.75 Å². The van der Waals surface area contributed by atoms with Gasteiger partial charge in [0.25, 0.3) is 0 Å². The summed E-state index contributed by atoms with van der Waals surface area (Å²) in [7, 11) is 0. The van der Waals surface area contributed by atoms with Crippen LogP contribution in [0, 0.1) is 5.82 Å². The molecule has 2 rings (SSSR count). The van der Waals surface area contributed by atoms with Gasteiger partial charge in [0.15, 0.2) is 11.6 Å². The summed E-state index contributed by atoms with van der Waals surface area (Å²) in [5.41, 5.74) is 1.15. The number of rotatable bonds is 5. The minimum absolute atomic E-state index is 0.117. The van der Waals surface area contributed by atoms with Crippen molar-refractivity contribution < 1.29 is 9.13 Å². The summed E-state index contributed by atoms with van der Waals surface area (Å²) in [5, 5.41) is 1.03. The molecule has 0 aromatic heterocycles. The Labute approximate surface area is 125 Å². The summed E-state index contributed by atoms with van der Waals surface area (Å²) in [5.74, 6) is -0.170. The first-order valence-electron chi connectivity index (χ1n) is 5.90. The van der Waals surface area contributed by atoms with E-state index in [0.29, 0.717) is 11.6 Å². The van der Waals surface area contributed by atoms with Crippen LogP contribution in [0.2, 0.25) is 5.02 Å². The summed E-state index contributed by atoms with van der Waals surface area (Å²) >= 11 is 9.38. The second-order valence-electron chi connectivity index (χ2n) is 4.12. The van der Waals surface area contributed by atoms with Crippen molar-refractivity contribution in [2.75, 3.05) is 11.9 Å².